The molecule has 0 saturated heterocycles. The van der Waals surface area contributed by atoms with Gasteiger partial charge in [-0.3, -0.25) is 0 Å². The molecule has 1 aromatic carbocycles. The minimum atomic E-state index is -0.227. The molecule has 0 heterocycles. The second kappa shape index (κ2) is 7.15. The van der Waals surface area contributed by atoms with Crippen LogP contribution in [0.4, 0.5) is 4.39 Å². The highest BCUT2D eigenvalue weighted by Crippen LogP contribution is 2.23. The molecule has 1 unspecified atom stereocenters. The molecule has 90 valence electrons. The van der Waals surface area contributed by atoms with Crippen molar-refractivity contribution < 1.29 is 4.39 Å². The first-order chi connectivity index (χ1) is 7.69. The molecule has 4 heteroatoms. The molecule has 0 bridgehead atoms. The standard InChI is InChI=1S/C12H17ClFNS/c1-3-15-12(8-16-4-2)10-6-5-9(13)7-11(10)14/h5-7,12,15H,3-4,8H2,1-2H3. The Hall–Kier alpha value is -0.250. The number of benzene rings is 1. The van der Waals surface area contributed by atoms with E-state index in [2.05, 4.69) is 12.2 Å². The Morgan fingerprint density at radius 1 is 1.44 bits per heavy atom. The molecule has 0 fully saturated rings. The molecule has 0 aliphatic rings. The maximum absolute atomic E-state index is 13.7. The Labute approximate surface area is 106 Å². The van der Waals surface area contributed by atoms with Crippen LogP contribution in [-0.4, -0.2) is 18.1 Å². The number of hydrogen-bond donors (Lipinski definition) is 1. The lowest BCUT2D eigenvalue weighted by Crippen LogP contribution is -2.24. The van der Waals surface area contributed by atoms with E-state index >= 15 is 0 Å². The highest BCUT2D eigenvalue weighted by Gasteiger charge is 2.14. The Bertz CT molecular complexity index is 333. The number of rotatable bonds is 6. The van der Waals surface area contributed by atoms with Crippen LogP contribution >= 0.6 is 23.4 Å². The van der Waals surface area contributed by atoms with E-state index in [0.29, 0.717) is 10.6 Å². The summed E-state index contributed by atoms with van der Waals surface area (Å²) in [6, 6.07) is 4.94. The molecule has 16 heavy (non-hydrogen) atoms. The number of nitrogens with one attached hydrogen (secondary N) is 1. The zero-order valence-electron chi connectivity index (χ0n) is 9.59. The van der Waals surface area contributed by atoms with E-state index in [9.17, 15) is 4.39 Å². The van der Waals surface area contributed by atoms with Crippen LogP contribution < -0.4 is 5.32 Å². The van der Waals surface area contributed by atoms with Gasteiger partial charge in [0.25, 0.3) is 0 Å². The van der Waals surface area contributed by atoms with E-state index in [1.807, 2.05) is 6.92 Å². The molecule has 1 rings (SSSR count). The van der Waals surface area contributed by atoms with Gasteiger partial charge >= 0.3 is 0 Å². The van der Waals surface area contributed by atoms with Crippen molar-refractivity contribution >= 4 is 23.4 Å². The average molecular weight is 262 g/mol. The van der Waals surface area contributed by atoms with Gasteiger partial charge in [0.1, 0.15) is 5.82 Å². The summed E-state index contributed by atoms with van der Waals surface area (Å²) >= 11 is 7.54. The summed E-state index contributed by atoms with van der Waals surface area (Å²) < 4.78 is 13.7. The molecule has 1 N–H and O–H groups in total. The van der Waals surface area contributed by atoms with Crippen LogP contribution in [0.1, 0.15) is 25.5 Å². The molecule has 1 aromatic rings. The predicted molar refractivity (Wildman–Crippen MR) is 70.8 cm³/mol. The number of thioether (sulfide) groups is 1. The molecular formula is C12H17ClFNS. The lowest BCUT2D eigenvalue weighted by Gasteiger charge is -2.18. The van der Waals surface area contributed by atoms with Crippen molar-refractivity contribution in [2.75, 3.05) is 18.1 Å². The highest BCUT2D eigenvalue weighted by atomic mass is 35.5. The normalized spacial score (nSPS) is 12.8. The first-order valence-electron chi connectivity index (χ1n) is 5.45. The Morgan fingerprint density at radius 3 is 2.75 bits per heavy atom. The minimum Gasteiger partial charge on any atom is -0.309 e. The van der Waals surface area contributed by atoms with Gasteiger partial charge in [0, 0.05) is 22.4 Å². The quantitative estimate of drug-likeness (QED) is 0.834. The van der Waals surface area contributed by atoms with Crippen LogP contribution in [0, 0.1) is 5.82 Å². The van der Waals surface area contributed by atoms with Crippen LogP contribution in [0.25, 0.3) is 0 Å². The summed E-state index contributed by atoms with van der Waals surface area (Å²) in [5, 5.41) is 3.73. The smallest absolute Gasteiger partial charge is 0.129 e. The third kappa shape index (κ3) is 3.96. The largest absolute Gasteiger partial charge is 0.309 e. The van der Waals surface area contributed by atoms with Gasteiger partial charge in [-0.1, -0.05) is 31.5 Å². The Morgan fingerprint density at radius 2 is 2.19 bits per heavy atom. The lowest BCUT2D eigenvalue weighted by atomic mass is 10.1. The van der Waals surface area contributed by atoms with Crippen LogP contribution in [-0.2, 0) is 0 Å². The van der Waals surface area contributed by atoms with Gasteiger partial charge in [0.2, 0.25) is 0 Å². The highest BCUT2D eigenvalue weighted by molar-refractivity contribution is 7.99. The van der Waals surface area contributed by atoms with Gasteiger partial charge in [-0.05, 0) is 24.4 Å². The summed E-state index contributed by atoms with van der Waals surface area (Å²) in [7, 11) is 0. The fourth-order valence-corrected chi connectivity index (χ4v) is 2.45. The summed E-state index contributed by atoms with van der Waals surface area (Å²) in [6.45, 7) is 4.96. The molecule has 1 atom stereocenters. The monoisotopic (exact) mass is 261 g/mol. The first kappa shape index (κ1) is 13.8. The van der Waals surface area contributed by atoms with E-state index < -0.39 is 0 Å². The summed E-state index contributed by atoms with van der Waals surface area (Å²) in [4.78, 5) is 0. The summed E-state index contributed by atoms with van der Waals surface area (Å²) in [5.41, 5.74) is 0.701. The fourth-order valence-electron chi connectivity index (χ4n) is 1.52. The zero-order valence-corrected chi connectivity index (χ0v) is 11.2. The van der Waals surface area contributed by atoms with Gasteiger partial charge in [-0.2, -0.15) is 11.8 Å². The lowest BCUT2D eigenvalue weighted by molar-refractivity contribution is 0.545. The molecule has 0 aliphatic carbocycles. The van der Waals surface area contributed by atoms with Crippen molar-refractivity contribution in [3.63, 3.8) is 0 Å². The van der Waals surface area contributed by atoms with Gasteiger partial charge in [-0.15, -0.1) is 0 Å². The van der Waals surface area contributed by atoms with Gasteiger partial charge < -0.3 is 5.32 Å². The van der Waals surface area contributed by atoms with E-state index in [4.69, 9.17) is 11.6 Å². The van der Waals surface area contributed by atoms with E-state index in [0.717, 1.165) is 18.1 Å². The molecular weight excluding hydrogens is 245 g/mol. The second-order valence-corrected chi connectivity index (χ2v) is 5.19. The van der Waals surface area contributed by atoms with Gasteiger partial charge in [0.05, 0.1) is 0 Å². The van der Waals surface area contributed by atoms with Crippen LogP contribution in [0.15, 0.2) is 18.2 Å². The Balaban J connectivity index is 2.82. The molecule has 1 nitrogen and oxygen atoms in total. The molecule has 0 spiro atoms. The fraction of sp³-hybridized carbons (Fsp3) is 0.500. The maximum atomic E-state index is 13.7. The molecule has 0 amide bonds. The summed E-state index contributed by atoms with van der Waals surface area (Å²) in [5.74, 6) is 1.69. The zero-order chi connectivity index (χ0) is 12.0. The Kier molecular flexibility index (Phi) is 6.17. The summed E-state index contributed by atoms with van der Waals surface area (Å²) in [6.07, 6.45) is 0. The van der Waals surface area contributed by atoms with Crippen LogP contribution in [0.2, 0.25) is 5.02 Å². The van der Waals surface area contributed by atoms with Crippen LogP contribution in [0.5, 0.6) is 0 Å². The maximum Gasteiger partial charge on any atom is 0.129 e. The van der Waals surface area contributed by atoms with Crippen molar-refractivity contribution in [2.24, 2.45) is 0 Å². The van der Waals surface area contributed by atoms with Crippen molar-refractivity contribution in [3.05, 3.63) is 34.6 Å². The van der Waals surface area contributed by atoms with Crippen LogP contribution in [0.3, 0.4) is 0 Å². The first-order valence-corrected chi connectivity index (χ1v) is 6.98. The third-order valence-electron chi connectivity index (χ3n) is 2.28. The molecule has 0 aliphatic heterocycles. The predicted octanol–water partition coefficient (Wildman–Crippen LogP) is 3.88. The van der Waals surface area contributed by atoms with Gasteiger partial charge in [-0.25, -0.2) is 4.39 Å². The van der Waals surface area contributed by atoms with E-state index in [1.54, 1.807) is 23.9 Å². The van der Waals surface area contributed by atoms with Crippen molar-refractivity contribution in [3.8, 4) is 0 Å². The van der Waals surface area contributed by atoms with Crippen molar-refractivity contribution in [1.29, 1.82) is 0 Å². The van der Waals surface area contributed by atoms with Crippen molar-refractivity contribution in [1.82, 2.24) is 5.32 Å². The van der Waals surface area contributed by atoms with E-state index in [1.165, 1.54) is 6.07 Å². The topological polar surface area (TPSA) is 12.0 Å². The van der Waals surface area contributed by atoms with Gasteiger partial charge in [0.15, 0.2) is 0 Å². The average Bonchev–Trinajstić information content (AvgIpc) is 2.25. The molecule has 0 radical (unpaired) electrons. The SMILES string of the molecule is CCNC(CSCC)c1ccc(Cl)cc1F. The minimum absolute atomic E-state index is 0.0622. The second-order valence-electron chi connectivity index (χ2n) is 3.44. The molecule has 0 saturated carbocycles. The molecule has 0 aromatic heterocycles. The van der Waals surface area contributed by atoms with Crippen molar-refractivity contribution in [2.45, 2.75) is 19.9 Å². The number of halogens is 2. The van der Waals surface area contributed by atoms with E-state index in [-0.39, 0.29) is 11.9 Å². The number of hydrogen-bond acceptors (Lipinski definition) is 2. The third-order valence-corrected chi connectivity index (χ3v) is 3.49.